The molecule has 0 bridgehead atoms. The lowest BCUT2D eigenvalue weighted by molar-refractivity contribution is 0.175. The maximum atomic E-state index is 2.50. The van der Waals surface area contributed by atoms with E-state index < -0.39 is 0 Å². The van der Waals surface area contributed by atoms with Crippen molar-refractivity contribution in [1.29, 1.82) is 0 Å². The molecular formula is C7H16N2S. The number of rotatable bonds is 2. The monoisotopic (exact) mass is 160 g/mol. The highest BCUT2D eigenvalue weighted by molar-refractivity contribution is 7.98. The third kappa shape index (κ3) is 2.48. The maximum Gasteiger partial charge on any atom is 0.0442 e. The largest absolute Gasteiger partial charge is 0.304 e. The molecule has 1 aliphatic heterocycles. The summed E-state index contributed by atoms with van der Waals surface area (Å²) < 4.78 is 0. The molecular weight excluding hydrogens is 144 g/mol. The molecule has 1 fully saturated rings. The lowest BCUT2D eigenvalue weighted by Gasteiger charge is -2.31. The molecule has 1 heterocycles. The Morgan fingerprint density at radius 3 is 2.30 bits per heavy atom. The van der Waals surface area contributed by atoms with E-state index in [1.54, 1.807) is 0 Å². The van der Waals surface area contributed by atoms with Gasteiger partial charge in [-0.15, -0.1) is 11.8 Å². The van der Waals surface area contributed by atoms with Crippen LogP contribution in [0.25, 0.3) is 0 Å². The van der Waals surface area contributed by atoms with Gasteiger partial charge in [0.2, 0.25) is 0 Å². The normalized spacial score (nSPS) is 23.4. The van der Waals surface area contributed by atoms with Gasteiger partial charge in [0.05, 0.1) is 0 Å². The molecule has 3 heteroatoms. The minimum Gasteiger partial charge on any atom is -0.304 e. The van der Waals surface area contributed by atoms with E-state index in [1.165, 1.54) is 32.1 Å². The molecule has 0 saturated carbocycles. The SMILES string of the molecule is CSCN1CCN(C)CC1. The molecule has 0 aromatic carbocycles. The standard InChI is InChI=1S/C7H16N2S/c1-8-3-5-9(6-4-8)7-10-2/h3-7H2,1-2H3. The van der Waals surface area contributed by atoms with E-state index >= 15 is 0 Å². The lowest BCUT2D eigenvalue weighted by Crippen LogP contribution is -2.44. The number of nitrogens with zero attached hydrogens (tertiary/aromatic N) is 2. The summed E-state index contributed by atoms with van der Waals surface area (Å²) in [7, 11) is 2.19. The van der Waals surface area contributed by atoms with E-state index in [-0.39, 0.29) is 0 Å². The van der Waals surface area contributed by atoms with Crippen LogP contribution in [0.4, 0.5) is 0 Å². The molecule has 0 radical (unpaired) electrons. The predicted octanol–water partition coefficient (Wildman–Crippen LogP) is 0.554. The fourth-order valence-corrected chi connectivity index (χ4v) is 1.78. The summed E-state index contributed by atoms with van der Waals surface area (Å²) in [6, 6.07) is 0. The van der Waals surface area contributed by atoms with Crippen molar-refractivity contribution < 1.29 is 0 Å². The second-order valence-electron chi connectivity index (χ2n) is 2.84. The summed E-state index contributed by atoms with van der Waals surface area (Å²) in [6.45, 7) is 4.97. The van der Waals surface area contributed by atoms with Gasteiger partial charge in [-0.3, -0.25) is 4.90 Å². The Morgan fingerprint density at radius 1 is 1.20 bits per heavy atom. The number of hydrogen-bond acceptors (Lipinski definition) is 3. The maximum absolute atomic E-state index is 2.50. The second kappa shape index (κ2) is 4.21. The minimum absolute atomic E-state index is 1.20. The minimum atomic E-state index is 1.20. The molecule has 0 N–H and O–H groups in total. The molecule has 2 nitrogen and oxygen atoms in total. The Morgan fingerprint density at radius 2 is 1.80 bits per heavy atom. The van der Waals surface area contributed by atoms with Gasteiger partial charge in [0.25, 0.3) is 0 Å². The summed E-state index contributed by atoms with van der Waals surface area (Å²) in [5, 5.41) is 0. The first kappa shape index (κ1) is 8.37. The van der Waals surface area contributed by atoms with Gasteiger partial charge in [0.15, 0.2) is 0 Å². The molecule has 10 heavy (non-hydrogen) atoms. The van der Waals surface area contributed by atoms with Crippen LogP contribution < -0.4 is 0 Å². The van der Waals surface area contributed by atoms with Crippen LogP contribution in [0.5, 0.6) is 0 Å². The molecule has 1 rings (SSSR count). The van der Waals surface area contributed by atoms with Gasteiger partial charge < -0.3 is 4.90 Å². The Kier molecular flexibility index (Phi) is 3.52. The first-order valence-electron chi connectivity index (χ1n) is 3.73. The van der Waals surface area contributed by atoms with Gasteiger partial charge in [0, 0.05) is 32.1 Å². The Hall–Kier alpha value is 0.270. The van der Waals surface area contributed by atoms with Crippen molar-refractivity contribution in [1.82, 2.24) is 9.80 Å². The first-order valence-corrected chi connectivity index (χ1v) is 5.12. The van der Waals surface area contributed by atoms with Crippen LogP contribution in [0.3, 0.4) is 0 Å². The highest BCUT2D eigenvalue weighted by Gasteiger charge is 2.11. The van der Waals surface area contributed by atoms with Crippen LogP contribution in [-0.4, -0.2) is 55.2 Å². The predicted molar refractivity (Wildman–Crippen MR) is 47.5 cm³/mol. The van der Waals surface area contributed by atoms with Crippen molar-refractivity contribution >= 4 is 11.8 Å². The van der Waals surface area contributed by atoms with E-state index in [1.807, 2.05) is 11.8 Å². The quantitative estimate of drug-likeness (QED) is 0.582. The fraction of sp³-hybridized carbons (Fsp3) is 1.00. The number of thioether (sulfide) groups is 1. The van der Waals surface area contributed by atoms with Gasteiger partial charge in [-0.05, 0) is 13.3 Å². The fourth-order valence-electron chi connectivity index (χ4n) is 1.16. The van der Waals surface area contributed by atoms with Gasteiger partial charge in [0.1, 0.15) is 0 Å². The molecule has 60 valence electrons. The van der Waals surface area contributed by atoms with Gasteiger partial charge in [-0.2, -0.15) is 0 Å². The third-order valence-electron chi connectivity index (χ3n) is 1.91. The lowest BCUT2D eigenvalue weighted by atomic mass is 10.4. The summed E-state index contributed by atoms with van der Waals surface area (Å²) in [5.41, 5.74) is 0. The molecule has 0 aromatic rings. The van der Waals surface area contributed by atoms with Crippen molar-refractivity contribution in [2.75, 3.05) is 45.4 Å². The summed E-state index contributed by atoms with van der Waals surface area (Å²) in [5.74, 6) is 1.20. The van der Waals surface area contributed by atoms with Gasteiger partial charge in [-0.25, -0.2) is 0 Å². The highest BCUT2D eigenvalue weighted by atomic mass is 32.2. The van der Waals surface area contributed by atoms with Crippen molar-refractivity contribution in [3.8, 4) is 0 Å². The van der Waals surface area contributed by atoms with E-state index in [2.05, 4.69) is 23.1 Å². The van der Waals surface area contributed by atoms with Crippen LogP contribution >= 0.6 is 11.8 Å². The Labute approximate surface area is 67.6 Å². The summed E-state index contributed by atoms with van der Waals surface area (Å²) >= 11 is 1.92. The third-order valence-corrected chi connectivity index (χ3v) is 2.53. The zero-order valence-corrected chi connectivity index (χ0v) is 7.65. The van der Waals surface area contributed by atoms with Crippen LogP contribution in [0.15, 0.2) is 0 Å². The molecule has 0 atom stereocenters. The molecule has 1 aliphatic rings. The van der Waals surface area contributed by atoms with Crippen LogP contribution in [-0.2, 0) is 0 Å². The number of piperazine rings is 1. The summed E-state index contributed by atoms with van der Waals surface area (Å²) in [4.78, 5) is 4.89. The molecule has 0 amide bonds. The van der Waals surface area contributed by atoms with Gasteiger partial charge in [-0.1, -0.05) is 0 Å². The van der Waals surface area contributed by atoms with E-state index in [9.17, 15) is 0 Å². The van der Waals surface area contributed by atoms with Crippen LogP contribution in [0, 0.1) is 0 Å². The van der Waals surface area contributed by atoms with Crippen LogP contribution in [0.1, 0.15) is 0 Å². The molecule has 0 aromatic heterocycles. The van der Waals surface area contributed by atoms with Crippen LogP contribution in [0.2, 0.25) is 0 Å². The molecule has 0 aliphatic carbocycles. The number of likely N-dealkylation sites (N-methyl/N-ethyl adjacent to an activating group) is 1. The van der Waals surface area contributed by atoms with Crippen molar-refractivity contribution in [2.24, 2.45) is 0 Å². The van der Waals surface area contributed by atoms with Crippen molar-refractivity contribution in [2.45, 2.75) is 0 Å². The van der Waals surface area contributed by atoms with E-state index in [4.69, 9.17) is 0 Å². The molecule has 1 saturated heterocycles. The van der Waals surface area contributed by atoms with Crippen molar-refractivity contribution in [3.63, 3.8) is 0 Å². The zero-order chi connectivity index (χ0) is 7.40. The molecule has 0 unspecified atom stereocenters. The first-order chi connectivity index (χ1) is 4.83. The zero-order valence-electron chi connectivity index (χ0n) is 6.84. The Bertz CT molecular complexity index is 89.6. The Balaban J connectivity index is 2.13. The van der Waals surface area contributed by atoms with E-state index in [0.717, 1.165) is 0 Å². The van der Waals surface area contributed by atoms with Crippen molar-refractivity contribution in [3.05, 3.63) is 0 Å². The second-order valence-corrected chi connectivity index (χ2v) is 3.67. The van der Waals surface area contributed by atoms with E-state index in [0.29, 0.717) is 0 Å². The average Bonchev–Trinajstić information content (AvgIpc) is 1.95. The van der Waals surface area contributed by atoms with Gasteiger partial charge >= 0.3 is 0 Å². The average molecular weight is 160 g/mol. The highest BCUT2D eigenvalue weighted by Crippen LogP contribution is 2.03. The topological polar surface area (TPSA) is 6.48 Å². The summed E-state index contributed by atoms with van der Waals surface area (Å²) in [6.07, 6.45) is 2.16. The smallest absolute Gasteiger partial charge is 0.0442 e. The molecule has 0 spiro atoms. The number of hydrogen-bond donors (Lipinski definition) is 0.